The molecule has 0 N–H and O–H groups in total. The number of rotatable bonds is 1. The van der Waals surface area contributed by atoms with E-state index in [0.717, 1.165) is 0 Å². The average molecular weight is 118 g/mol. The van der Waals surface area contributed by atoms with Crippen molar-refractivity contribution in [1.82, 2.24) is 0 Å². The van der Waals surface area contributed by atoms with E-state index in [4.69, 9.17) is 0 Å². The highest BCUT2D eigenvalue weighted by atomic mass is 35.7. The van der Waals surface area contributed by atoms with E-state index in [1.54, 1.807) is 0 Å². The molecule has 0 rings (SSSR count). The molecule has 0 nitrogen and oxygen atoms in total. The minimum absolute atomic E-state index is 0.0648. The molecule has 0 heterocycles. The van der Waals surface area contributed by atoms with Crippen LogP contribution in [-0.4, -0.2) is 0 Å². The van der Waals surface area contributed by atoms with E-state index in [9.17, 15) is 8.78 Å². The van der Waals surface area contributed by atoms with Crippen molar-refractivity contribution in [3.8, 4) is 0 Å². The highest BCUT2D eigenvalue weighted by Gasteiger charge is 2.20. The standard InChI is InChI=1S/CClF2S/c2-5-1(3)4/q+1. The molecular formula is CClF2S+. The first kappa shape index (κ1) is 5.37. The fraction of sp³-hybridized carbons (Fsp3) is 0. The zero-order chi connectivity index (χ0) is 4.28. The van der Waals surface area contributed by atoms with Gasteiger partial charge in [0.2, 0.25) is 0 Å². The van der Waals surface area contributed by atoms with Crippen LogP contribution in [0.15, 0.2) is 0 Å². The van der Waals surface area contributed by atoms with Crippen molar-refractivity contribution in [1.29, 1.82) is 0 Å². The van der Waals surface area contributed by atoms with Crippen LogP contribution in [0.1, 0.15) is 0 Å². The van der Waals surface area contributed by atoms with Crippen LogP contribution in [0.2, 0.25) is 0 Å². The Kier molecular flexibility index (Phi) is 2.79. The summed E-state index contributed by atoms with van der Waals surface area (Å²) in [5.41, 5.74) is 0. The van der Waals surface area contributed by atoms with Crippen LogP contribution in [-0.2, 0) is 0 Å². The molecule has 30 valence electrons. The van der Waals surface area contributed by atoms with Gasteiger partial charge in [0.1, 0.15) is 0 Å². The van der Waals surface area contributed by atoms with Gasteiger partial charge >= 0.3 is 5.76 Å². The Morgan fingerprint density at radius 2 is 1.80 bits per heavy atom. The Morgan fingerprint density at radius 1 is 1.60 bits per heavy atom. The molecule has 5 heavy (non-hydrogen) atoms. The predicted molar refractivity (Wildman–Crippen MR) is 18.9 cm³/mol. The first-order chi connectivity index (χ1) is 2.27. The van der Waals surface area contributed by atoms with Crippen LogP contribution in [0, 0.1) is 5.76 Å². The maximum atomic E-state index is 10.5. The lowest BCUT2D eigenvalue weighted by Gasteiger charge is -1.53. The highest BCUT2D eigenvalue weighted by molar-refractivity contribution is 8.23. The summed E-state index contributed by atoms with van der Waals surface area (Å²) in [5, 5.41) is 0. The third-order valence-corrected chi connectivity index (χ3v) is 0.525. The Morgan fingerprint density at radius 3 is 1.80 bits per heavy atom. The minimum atomic E-state index is -1.81. The fourth-order valence-corrected chi connectivity index (χ4v) is 0. The number of halogens is 3. The van der Waals surface area contributed by atoms with E-state index in [-0.39, 0.29) is 11.0 Å². The van der Waals surface area contributed by atoms with Crippen molar-refractivity contribution in [3.63, 3.8) is 0 Å². The maximum Gasteiger partial charge on any atom is 0.590 e. The smallest absolute Gasteiger partial charge is 0.0168 e. The van der Waals surface area contributed by atoms with E-state index in [2.05, 4.69) is 10.7 Å². The Balaban J connectivity index is 2.54. The lowest BCUT2D eigenvalue weighted by Crippen LogP contribution is -1.53. The first-order valence-corrected chi connectivity index (χ1v) is 2.38. The van der Waals surface area contributed by atoms with Crippen LogP contribution in [0.4, 0.5) is 8.78 Å². The minimum Gasteiger partial charge on any atom is 0.0168 e. The van der Waals surface area contributed by atoms with Crippen molar-refractivity contribution in [2.75, 3.05) is 0 Å². The quantitative estimate of drug-likeness (QED) is 0.475. The first-order valence-electron chi connectivity index (χ1n) is 0.736. The van der Waals surface area contributed by atoms with Crippen LogP contribution in [0.3, 0.4) is 0 Å². The summed E-state index contributed by atoms with van der Waals surface area (Å²) in [7, 11) is 4.40. The largest absolute Gasteiger partial charge is 0.590 e. The van der Waals surface area contributed by atoms with Gasteiger partial charge < -0.3 is 0 Å². The summed E-state index contributed by atoms with van der Waals surface area (Å²) in [6, 6.07) is 0. The van der Waals surface area contributed by atoms with Crippen molar-refractivity contribution < 1.29 is 8.78 Å². The van der Waals surface area contributed by atoms with Gasteiger partial charge in [-0.05, 0) is 0 Å². The van der Waals surface area contributed by atoms with E-state index in [1.807, 2.05) is 0 Å². The second-order valence-corrected chi connectivity index (χ2v) is 1.23. The van der Waals surface area contributed by atoms with Crippen molar-refractivity contribution >= 4 is 21.7 Å². The molecule has 0 aromatic carbocycles. The van der Waals surface area contributed by atoms with E-state index < -0.39 is 5.76 Å². The maximum absolute atomic E-state index is 10.5. The molecule has 0 aliphatic rings. The molecule has 0 aliphatic carbocycles. The number of hydrogen-bond donors (Lipinski definition) is 0. The van der Waals surface area contributed by atoms with Crippen molar-refractivity contribution in [2.24, 2.45) is 0 Å². The predicted octanol–water partition coefficient (Wildman–Crippen LogP) is 2.26. The zero-order valence-corrected chi connectivity index (χ0v) is 3.61. The van der Waals surface area contributed by atoms with E-state index in [1.165, 1.54) is 0 Å². The molecule has 0 atom stereocenters. The van der Waals surface area contributed by atoms with E-state index >= 15 is 0 Å². The summed E-state index contributed by atoms with van der Waals surface area (Å²) in [6.45, 7) is 0. The molecule has 0 spiro atoms. The molecule has 0 amide bonds. The molecule has 0 aromatic heterocycles. The van der Waals surface area contributed by atoms with Crippen LogP contribution < -0.4 is 0 Å². The van der Waals surface area contributed by atoms with Gasteiger partial charge in [0.05, 0.1) is 8.78 Å². The van der Waals surface area contributed by atoms with Gasteiger partial charge in [0.15, 0.2) is 0 Å². The van der Waals surface area contributed by atoms with Crippen LogP contribution >= 0.6 is 21.7 Å². The van der Waals surface area contributed by atoms with Crippen LogP contribution in [0.5, 0.6) is 0 Å². The second-order valence-electron chi connectivity index (χ2n) is 0.303. The molecule has 4 heteroatoms. The van der Waals surface area contributed by atoms with Gasteiger partial charge in [-0.1, -0.05) is 0 Å². The third-order valence-electron chi connectivity index (χ3n) is 0.0583. The molecule has 0 saturated carbocycles. The van der Waals surface area contributed by atoms with Crippen molar-refractivity contribution in [2.45, 2.75) is 0 Å². The molecular weight excluding hydrogens is 118 g/mol. The molecule has 0 bridgehead atoms. The normalized spacial score (nSPS) is 7.80. The molecule has 0 unspecified atom stereocenters. The monoisotopic (exact) mass is 117 g/mol. The van der Waals surface area contributed by atoms with E-state index in [0.29, 0.717) is 0 Å². The Hall–Kier alpha value is 0.370. The molecule has 0 saturated heterocycles. The van der Waals surface area contributed by atoms with Crippen LogP contribution in [0.25, 0.3) is 0 Å². The zero-order valence-electron chi connectivity index (χ0n) is 2.04. The van der Waals surface area contributed by atoms with Gasteiger partial charge in [-0.3, -0.25) is 0 Å². The third kappa shape index (κ3) is 4.37. The topological polar surface area (TPSA) is 0 Å². The molecule has 0 radical (unpaired) electrons. The lowest BCUT2D eigenvalue weighted by molar-refractivity contribution is 0.375. The SMILES string of the molecule is F[C+](F)SCl. The van der Waals surface area contributed by atoms with Gasteiger partial charge in [-0.15, -0.1) is 0 Å². The Labute approximate surface area is 37.0 Å². The summed E-state index contributed by atoms with van der Waals surface area (Å²) in [4.78, 5) is 0. The van der Waals surface area contributed by atoms with Gasteiger partial charge in [-0.2, -0.15) is 0 Å². The van der Waals surface area contributed by atoms with Gasteiger partial charge in [0.25, 0.3) is 11.0 Å². The molecule has 0 aromatic rings. The summed E-state index contributed by atoms with van der Waals surface area (Å²) < 4.78 is 21.0. The lowest BCUT2D eigenvalue weighted by atomic mass is 11.7. The highest BCUT2D eigenvalue weighted by Crippen LogP contribution is 2.24. The summed E-state index contributed by atoms with van der Waals surface area (Å²) in [5.74, 6) is -1.81. The summed E-state index contributed by atoms with van der Waals surface area (Å²) in [6.07, 6.45) is 0. The van der Waals surface area contributed by atoms with Gasteiger partial charge in [0, 0.05) is 10.7 Å². The molecule has 0 fully saturated rings. The fourth-order valence-electron chi connectivity index (χ4n) is 0. The molecule has 0 aliphatic heterocycles. The second kappa shape index (κ2) is 2.60. The average Bonchev–Trinajstić information content (AvgIpc) is 1.38. The Bertz CT molecular complexity index is 23.6. The van der Waals surface area contributed by atoms with Gasteiger partial charge in [-0.25, -0.2) is 0 Å². The number of hydrogen-bond acceptors (Lipinski definition) is 1. The van der Waals surface area contributed by atoms with Crippen molar-refractivity contribution in [3.05, 3.63) is 5.76 Å². The summed E-state index contributed by atoms with van der Waals surface area (Å²) >= 11 is 0.